The molecule has 2 N–H and O–H groups in total. The molecule has 29 heavy (non-hydrogen) atoms. The zero-order chi connectivity index (χ0) is 21.1. The Morgan fingerprint density at radius 2 is 1.55 bits per heavy atom. The zero-order valence-electron chi connectivity index (χ0n) is 17.8. The van der Waals surface area contributed by atoms with E-state index in [4.69, 9.17) is 4.74 Å². The highest BCUT2D eigenvalue weighted by atomic mass is 16.5. The van der Waals surface area contributed by atoms with E-state index in [0.29, 0.717) is 18.0 Å². The number of hydrogen-bond acceptors (Lipinski definition) is 3. The summed E-state index contributed by atoms with van der Waals surface area (Å²) in [6.45, 7) is 10.1. The highest BCUT2D eigenvalue weighted by Gasteiger charge is 2.48. The Labute approximate surface area is 172 Å². The topological polar surface area (TPSA) is 67.4 Å². The van der Waals surface area contributed by atoms with Crippen LogP contribution < -0.4 is 15.4 Å². The molecule has 0 bridgehead atoms. The highest BCUT2D eigenvalue weighted by Crippen LogP contribution is 2.41. The van der Waals surface area contributed by atoms with Crippen LogP contribution in [0.4, 0.5) is 11.4 Å². The first-order valence-electron chi connectivity index (χ1n) is 10.2. The van der Waals surface area contributed by atoms with Gasteiger partial charge in [0.15, 0.2) is 0 Å². The van der Waals surface area contributed by atoms with Crippen LogP contribution in [0.2, 0.25) is 0 Å². The minimum atomic E-state index is -0.284. The van der Waals surface area contributed by atoms with E-state index in [1.807, 2.05) is 63.2 Å². The first-order chi connectivity index (χ1) is 13.8. The Morgan fingerprint density at radius 3 is 2.14 bits per heavy atom. The second-order valence-corrected chi connectivity index (χ2v) is 8.31. The lowest BCUT2D eigenvalue weighted by Crippen LogP contribution is -2.21. The van der Waals surface area contributed by atoms with Crippen molar-refractivity contribution in [3.05, 3.63) is 53.6 Å². The number of para-hydroxylation sites is 1. The molecule has 1 aliphatic carbocycles. The van der Waals surface area contributed by atoms with Crippen molar-refractivity contribution in [2.45, 2.75) is 53.1 Å². The van der Waals surface area contributed by atoms with Crippen LogP contribution >= 0.6 is 0 Å². The molecule has 0 radical (unpaired) electrons. The maximum Gasteiger partial charge on any atom is 0.228 e. The van der Waals surface area contributed by atoms with E-state index in [9.17, 15) is 9.59 Å². The minimum Gasteiger partial charge on any atom is -0.491 e. The summed E-state index contributed by atoms with van der Waals surface area (Å²) < 4.78 is 5.61. The summed E-state index contributed by atoms with van der Waals surface area (Å²) in [5.74, 6) is 0.317. The summed E-state index contributed by atoms with van der Waals surface area (Å²) >= 11 is 0. The van der Waals surface area contributed by atoms with Gasteiger partial charge in [0.05, 0.1) is 17.9 Å². The van der Waals surface area contributed by atoms with Gasteiger partial charge in [-0.1, -0.05) is 32.0 Å². The molecule has 1 saturated carbocycles. The van der Waals surface area contributed by atoms with Crippen LogP contribution in [0.1, 0.15) is 51.2 Å². The fraction of sp³-hybridized carbons (Fsp3) is 0.417. The fourth-order valence-corrected chi connectivity index (χ4v) is 3.46. The van der Waals surface area contributed by atoms with Gasteiger partial charge in [-0.05, 0) is 68.5 Å². The van der Waals surface area contributed by atoms with Crippen LogP contribution in [0, 0.1) is 18.8 Å². The third-order valence-corrected chi connectivity index (χ3v) is 5.13. The van der Waals surface area contributed by atoms with E-state index in [1.54, 1.807) is 0 Å². The van der Waals surface area contributed by atoms with E-state index in [1.165, 1.54) is 0 Å². The lowest BCUT2D eigenvalue weighted by Gasteiger charge is -2.16. The van der Waals surface area contributed by atoms with Gasteiger partial charge in [0.25, 0.3) is 0 Å². The predicted molar refractivity (Wildman–Crippen MR) is 116 cm³/mol. The van der Waals surface area contributed by atoms with Crippen molar-refractivity contribution in [2.75, 3.05) is 10.6 Å². The molecule has 0 saturated heterocycles. The summed E-state index contributed by atoms with van der Waals surface area (Å²) in [5, 5.41) is 5.96. The summed E-state index contributed by atoms with van der Waals surface area (Å²) in [7, 11) is 0. The molecule has 2 unspecified atom stereocenters. The average molecular weight is 395 g/mol. The summed E-state index contributed by atoms with van der Waals surface area (Å²) in [6.07, 6.45) is 0.681. The number of ether oxygens (including phenoxy) is 1. The Bertz CT molecular complexity index is 887. The molecule has 2 aromatic carbocycles. The van der Waals surface area contributed by atoms with Crippen molar-refractivity contribution in [1.82, 2.24) is 0 Å². The number of hydrogen-bond donors (Lipinski definition) is 2. The smallest absolute Gasteiger partial charge is 0.228 e. The van der Waals surface area contributed by atoms with Gasteiger partial charge in [-0.2, -0.15) is 0 Å². The first kappa shape index (κ1) is 20.9. The monoisotopic (exact) mass is 394 g/mol. The van der Waals surface area contributed by atoms with E-state index in [2.05, 4.69) is 24.5 Å². The molecular weight excluding hydrogens is 364 g/mol. The first-order valence-corrected chi connectivity index (χ1v) is 10.2. The van der Waals surface area contributed by atoms with Crippen molar-refractivity contribution in [2.24, 2.45) is 11.8 Å². The molecule has 1 fully saturated rings. The molecule has 2 aromatic rings. The van der Waals surface area contributed by atoms with Gasteiger partial charge in [0, 0.05) is 11.4 Å². The third kappa shape index (κ3) is 5.17. The summed E-state index contributed by atoms with van der Waals surface area (Å²) in [5.41, 5.74) is 3.73. The normalized spacial score (nSPS) is 17.9. The Hall–Kier alpha value is -2.82. The molecule has 0 spiro atoms. The maximum absolute atomic E-state index is 12.7. The van der Waals surface area contributed by atoms with Gasteiger partial charge in [-0.15, -0.1) is 0 Å². The second kappa shape index (κ2) is 8.68. The molecule has 154 valence electrons. The molecule has 2 atom stereocenters. The van der Waals surface area contributed by atoms with Gasteiger partial charge in [-0.3, -0.25) is 9.59 Å². The van der Waals surface area contributed by atoms with Gasteiger partial charge < -0.3 is 15.4 Å². The number of anilines is 2. The van der Waals surface area contributed by atoms with Crippen LogP contribution in [0.25, 0.3) is 0 Å². The maximum atomic E-state index is 12.7. The van der Waals surface area contributed by atoms with Crippen LogP contribution in [0.5, 0.6) is 5.75 Å². The number of amides is 2. The number of rotatable bonds is 7. The molecule has 3 rings (SSSR count). The van der Waals surface area contributed by atoms with Gasteiger partial charge in [0.1, 0.15) is 5.75 Å². The third-order valence-electron chi connectivity index (χ3n) is 5.13. The van der Waals surface area contributed by atoms with Crippen LogP contribution in [-0.2, 0) is 9.59 Å². The molecule has 1 aliphatic rings. The van der Waals surface area contributed by atoms with Crippen molar-refractivity contribution in [3.63, 3.8) is 0 Å². The standard InChI is InChI=1S/C24H30N2O3/c1-14(2)19-8-6-7-16(5)22(19)26-24(28)21-13-20(21)23(27)25-17-9-11-18(12-10-17)29-15(3)4/h6-12,14-15,20-21H,13H2,1-5H3,(H,25,27)(H,26,28). The Balaban J connectivity index is 1.58. The minimum absolute atomic E-state index is 0.0815. The molecule has 0 heterocycles. The molecule has 0 aliphatic heterocycles. The Kier molecular flexibility index (Phi) is 6.26. The average Bonchev–Trinajstić information content (AvgIpc) is 3.45. The highest BCUT2D eigenvalue weighted by molar-refractivity contribution is 6.03. The molecule has 0 aromatic heterocycles. The quantitative estimate of drug-likeness (QED) is 0.685. The van der Waals surface area contributed by atoms with E-state index < -0.39 is 0 Å². The second-order valence-electron chi connectivity index (χ2n) is 8.31. The fourth-order valence-electron chi connectivity index (χ4n) is 3.46. The lowest BCUT2D eigenvalue weighted by atomic mass is 9.98. The molecule has 5 nitrogen and oxygen atoms in total. The number of carbonyl (C=O) groups is 2. The van der Waals surface area contributed by atoms with E-state index in [-0.39, 0.29) is 29.8 Å². The largest absolute Gasteiger partial charge is 0.491 e. The SMILES string of the molecule is Cc1cccc(C(C)C)c1NC(=O)C1CC1C(=O)Nc1ccc(OC(C)C)cc1. The number of aryl methyl sites for hydroxylation is 1. The summed E-state index contributed by atoms with van der Waals surface area (Å²) in [4.78, 5) is 25.2. The zero-order valence-corrected chi connectivity index (χ0v) is 17.8. The van der Waals surface area contributed by atoms with E-state index in [0.717, 1.165) is 22.6 Å². The molecular formula is C24H30N2O3. The number of nitrogens with one attached hydrogen (secondary N) is 2. The van der Waals surface area contributed by atoms with Gasteiger partial charge >= 0.3 is 0 Å². The van der Waals surface area contributed by atoms with Crippen LogP contribution in [0.3, 0.4) is 0 Å². The van der Waals surface area contributed by atoms with E-state index >= 15 is 0 Å². The molecule has 5 heteroatoms. The van der Waals surface area contributed by atoms with Crippen LogP contribution in [0.15, 0.2) is 42.5 Å². The molecule has 2 amide bonds. The van der Waals surface area contributed by atoms with Crippen LogP contribution in [-0.4, -0.2) is 17.9 Å². The number of carbonyl (C=O) groups excluding carboxylic acids is 2. The van der Waals surface area contributed by atoms with Crippen molar-refractivity contribution >= 4 is 23.2 Å². The number of benzene rings is 2. The summed E-state index contributed by atoms with van der Waals surface area (Å²) in [6, 6.07) is 13.3. The van der Waals surface area contributed by atoms with Crippen molar-refractivity contribution in [1.29, 1.82) is 0 Å². The lowest BCUT2D eigenvalue weighted by molar-refractivity contribution is -0.122. The van der Waals surface area contributed by atoms with Gasteiger partial charge in [0.2, 0.25) is 11.8 Å². The van der Waals surface area contributed by atoms with Crippen molar-refractivity contribution < 1.29 is 14.3 Å². The Morgan fingerprint density at radius 1 is 0.931 bits per heavy atom. The van der Waals surface area contributed by atoms with Crippen molar-refractivity contribution in [3.8, 4) is 5.75 Å². The predicted octanol–water partition coefficient (Wildman–Crippen LogP) is 5.12. The van der Waals surface area contributed by atoms with Gasteiger partial charge in [-0.25, -0.2) is 0 Å².